The van der Waals surface area contributed by atoms with Gasteiger partial charge < -0.3 is 0 Å². The Labute approximate surface area is 95.0 Å². The minimum absolute atomic E-state index is 0.612. The zero-order valence-electron chi connectivity index (χ0n) is 8.74. The van der Waals surface area contributed by atoms with Gasteiger partial charge in [-0.15, -0.1) is 0 Å². The number of rotatable bonds is 1. The molecule has 0 atom stereocenters. The second-order valence-electron chi connectivity index (χ2n) is 4.40. The fourth-order valence-electron chi connectivity index (χ4n) is 2.36. The number of hydrogen-bond acceptors (Lipinski definition) is 1. The van der Waals surface area contributed by atoms with Crippen molar-refractivity contribution in [2.45, 2.75) is 51.0 Å². The minimum atomic E-state index is 0.612. The van der Waals surface area contributed by atoms with Crippen LogP contribution in [0.5, 0.6) is 0 Å². The van der Waals surface area contributed by atoms with Crippen molar-refractivity contribution in [3.63, 3.8) is 0 Å². The van der Waals surface area contributed by atoms with Crippen molar-refractivity contribution in [3.05, 3.63) is 0 Å². The molecule has 79 valence electrons. The van der Waals surface area contributed by atoms with Crippen LogP contribution in [0.15, 0.2) is 4.99 Å². The van der Waals surface area contributed by atoms with E-state index >= 15 is 0 Å². The van der Waals surface area contributed by atoms with Crippen LogP contribution < -0.4 is 0 Å². The molecule has 0 bridgehead atoms. The van der Waals surface area contributed by atoms with E-state index in [2.05, 4.69) is 20.9 Å². The van der Waals surface area contributed by atoms with Crippen molar-refractivity contribution in [2.75, 3.05) is 13.1 Å². The van der Waals surface area contributed by atoms with Crippen LogP contribution in [0.25, 0.3) is 0 Å². The third-order valence-electron chi connectivity index (χ3n) is 3.24. The van der Waals surface area contributed by atoms with Gasteiger partial charge in [0.25, 0.3) is 0 Å². The zero-order chi connectivity index (χ0) is 9.80. The molecule has 0 amide bonds. The normalized spacial score (nSPS) is 25.7. The molecule has 0 N–H and O–H groups in total. The Morgan fingerprint density at radius 1 is 1.00 bits per heavy atom. The van der Waals surface area contributed by atoms with Crippen LogP contribution in [0, 0.1) is 0 Å². The van der Waals surface area contributed by atoms with Gasteiger partial charge in [0.15, 0.2) is 0 Å². The summed E-state index contributed by atoms with van der Waals surface area (Å²) in [5.74, 6) is 0. The van der Waals surface area contributed by atoms with E-state index in [1.165, 1.54) is 62.8 Å². The van der Waals surface area contributed by atoms with Crippen molar-refractivity contribution in [1.29, 1.82) is 0 Å². The van der Waals surface area contributed by atoms with Gasteiger partial charge in [-0.25, -0.2) is 0 Å². The first kappa shape index (κ1) is 10.5. The van der Waals surface area contributed by atoms with Gasteiger partial charge in [-0.1, -0.05) is 0 Å². The molecule has 14 heavy (non-hydrogen) atoms. The second kappa shape index (κ2) is 5.18. The van der Waals surface area contributed by atoms with Crippen molar-refractivity contribution in [2.24, 2.45) is 4.99 Å². The standard InChI is InChI=1S/C11H19N2Se/c14-11(13-8-4-5-9-13)12-10-6-2-1-3-7-10/h10H,1-9H2. The number of hydrogen-bond donors (Lipinski definition) is 0. The summed E-state index contributed by atoms with van der Waals surface area (Å²) >= 11 is 3.14. The molecule has 0 aromatic rings. The number of amidine groups is 1. The quantitative estimate of drug-likeness (QED) is 0.399. The average molecular weight is 258 g/mol. The molecule has 1 aliphatic carbocycles. The van der Waals surface area contributed by atoms with Gasteiger partial charge in [-0.05, 0) is 0 Å². The Balaban J connectivity index is 1.87. The molecule has 2 nitrogen and oxygen atoms in total. The van der Waals surface area contributed by atoms with E-state index in [0.29, 0.717) is 6.04 Å². The third-order valence-corrected chi connectivity index (χ3v) is 4.01. The van der Waals surface area contributed by atoms with E-state index in [1.807, 2.05) is 0 Å². The molecule has 2 rings (SSSR count). The molecule has 2 fully saturated rings. The molecule has 0 aromatic heterocycles. The van der Waals surface area contributed by atoms with Crippen LogP contribution in [-0.2, 0) is 0 Å². The molecule has 1 radical (unpaired) electrons. The molecule has 0 unspecified atom stereocenters. The van der Waals surface area contributed by atoms with Crippen LogP contribution >= 0.6 is 0 Å². The fourth-order valence-corrected chi connectivity index (χ4v) is 3.05. The molecular formula is C11H19N2Se. The van der Waals surface area contributed by atoms with Crippen molar-refractivity contribution < 1.29 is 0 Å². The van der Waals surface area contributed by atoms with Crippen molar-refractivity contribution >= 4 is 20.7 Å². The monoisotopic (exact) mass is 259 g/mol. The zero-order valence-corrected chi connectivity index (χ0v) is 10.5. The molecular weight excluding hydrogens is 239 g/mol. The summed E-state index contributed by atoms with van der Waals surface area (Å²) in [6.07, 6.45) is 9.45. The molecule has 1 saturated carbocycles. The van der Waals surface area contributed by atoms with Gasteiger partial charge in [0.05, 0.1) is 0 Å². The van der Waals surface area contributed by atoms with Gasteiger partial charge in [0, 0.05) is 0 Å². The summed E-state index contributed by atoms with van der Waals surface area (Å²) < 4.78 is 1.18. The molecule has 0 aromatic carbocycles. The average Bonchev–Trinajstić information content (AvgIpc) is 2.72. The Kier molecular flexibility index (Phi) is 3.89. The van der Waals surface area contributed by atoms with Crippen LogP contribution in [-0.4, -0.2) is 44.8 Å². The van der Waals surface area contributed by atoms with E-state index in [9.17, 15) is 0 Å². The van der Waals surface area contributed by atoms with Crippen molar-refractivity contribution in [1.82, 2.24) is 4.90 Å². The fraction of sp³-hybridized carbons (Fsp3) is 0.909. The molecule has 1 saturated heterocycles. The Morgan fingerprint density at radius 3 is 2.29 bits per heavy atom. The van der Waals surface area contributed by atoms with Crippen LogP contribution in [0.3, 0.4) is 0 Å². The topological polar surface area (TPSA) is 15.6 Å². The van der Waals surface area contributed by atoms with E-state index in [-0.39, 0.29) is 0 Å². The van der Waals surface area contributed by atoms with Crippen LogP contribution in [0.2, 0.25) is 0 Å². The third kappa shape index (κ3) is 2.74. The molecule has 0 spiro atoms. The first-order valence-electron chi connectivity index (χ1n) is 5.86. The van der Waals surface area contributed by atoms with E-state index in [0.717, 1.165) is 0 Å². The first-order chi connectivity index (χ1) is 6.86. The van der Waals surface area contributed by atoms with Gasteiger partial charge >= 0.3 is 94.7 Å². The van der Waals surface area contributed by atoms with E-state index in [1.54, 1.807) is 0 Å². The number of aliphatic imine (C=N–C) groups is 1. The molecule has 1 heterocycles. The van der Waals surface area contributed by atoms with Gasteiger partial charge in [-0.3, -0.25) is 0 Å². The first-order valence-corrected chi connectivity index (χ1v) is 6.72. The summed E-state index contributed by atoms with van der Waals surface area (Å²) in [6.45, 7) is 2.41. The summed E-state index contributed by atoms with van der Waals surface area (Å²) in [7, 11) is 0. The summed E-state index contributed by atoms with van der Waals surface area (Å²) in [4.78, 5) is 7.20. The maximum absolute atomic E-state index is 4.81. The SMILES string of the molecule is [Se]C(=NC1CCCCC1)N1CCCC1. The summed E-state index contributed by atoms with van der Waals surface area (Å²) in [6, 6.07) is 0.612. The van der Waals surface area contributed by atoms with Crippen LogP contribution in [0.4, 0.5) is 0 Å². The number of likely N-dealkylation sites (tertiary alicyclic amines) is 1. The summed E-state index contributed by atoms with van der Waals surface area (Å²) in [5, 5.41) is 0. The molecule has 3 heteroatoms. The van der Waals surface area contributed by atoms with Gasteiger partial charge in [-0.2, -0.15) is 0 Å². The van der Waals surface area contributed by atoms with Crippen LogP contribution in [0.1, 0.15) is 44.9 Å². The van der Waals surface area contributed by atoms with E-state index in [4.69, 9.17) is 4.99 Å². The Morgan fingerprint density at radius 2 is 1.64 bits per heavy atom. The summed E-state index contributed by atoms with van der Waals surface area (Å²) in [5.41, 5.74) is 0. The molecule has 1 aliphatic heterocycles. The Hall–Kier alpha value is -0.0105. The number of nitrogens with zero attached hydrogens (tertiary/aromatic N) is 2. The molecule has 2 aliphatic rings. The van der Waals surface area contributed by atoms with Crippen molar-refractivity contribution in [3.8, 4) is 0 Å². The predicted octanol–water partition coefficient (Wildman–Crippen LogP) is 1.94. The van der Waals surface area contributed by atoms with Gasteiger partial charge in [0.2, 0.25) is 0 Å². The van der Waals surface area contributed by atoms with E-state index < -0.39 is 0 Å². The Bertz CT molecular complexity index is 203. The predicted molar refractivity (Wildman–Crippen MR) is 60.9 cm³/mol. The second-order valence-corrected chi connectivity index (χ2v) is 5.16. The maximum atomic E-state index is 4.81. The van der Waals surface area contributed by atoms with Gasteiger partial charge in [0.1, 0.15) is 0 Å².